The number of hydrogen-bond acceptors (Lipinski definition) is 13. The third-order valence-corrected chi connectivity index (χ3v) is 14.5. The minimum atomic E-state index is -0.686. The number of benzene rings is 2. The molecule has 0 spiro atoms. The molecule has 3 aromatic rings. The highest BCUT2D eigenvalue weighted by Gasteiger charge is 2.38. The number of thiazole rings is 1. The predicted octanol–water partition coefficient (Wildman–Crippen LogP) is 9.78. The third kappa shape index (κ3) is 21.4. The number of carbonyl (C=O) groups excluding carboxylic acids is 6. The van der Waals surface area contributed by atoms with Gasteiger partial charge in [0, 0.05) is 50.1 Å². The zero-order chi connectivity index (χ0) is 55.8. The monoisotopic (exact) mass is 1080 g/mol. The summed E-state index contributed by atoms with van der Waals surface area (Å²) >= 11 is 1.33. The fourth-order valence-electron chi connectivity index (χ4n) is 9.13. The van der Waals surface area contributed by atoms with Crippen molar-refractivity contribution in [2.75, 3.05) is 39.8 Å². The minimum absolute atomic E-state index is 0.0289. The summed E-state index contributed by atoms with van der Waals surface area (Å²) in [5, 5.41) is 14.1. The number of piperidine rings is 1. The fourth-order valence-corrected chi connectivity index (χ4v) is 9.99. The molecule has 0 saturated carbocycles. The number of amides is 5. The highest BCUT2D eigenvalue weighted by atomic mass is 32.1. The van der Waals surface area contributed by atoms with Crippen LogP contribution in [0.3, 0.4) is 0 Å². The summed E-state index contributed by atoms with van der Waals surface area (Å²) in [5.74, 6) is -1.31. The number of likely N-dealkylation sites (tertiary alicyclic amines) is 1. The normalized spacial score (nSPS) is 16.3. The molecule has 0 unspecified atom stereocenters. The lowest BCUT2D eigenvalue weighted by atomic mass is 9.92. The van der Waals surface area contributed by atoms with Gasteiger partial charge in [0.15, 0.2) is 0 Å². The molecule has 17 nitrogen and oxygen atoms in total. The van der Waals surface area contributed by atoms with Crippen molar-refractivity contribution in [2.24, 2.45) is 17.8 Å². The first-order valence-electron chi connectivity index (χ1n) is 27.6. The van der Waals surface area contributed by atoms with Crippen molar-refractivity contribution in [3.8, 4) is 5.75 Å². The van der Waals surface area contributed by atoms with Crippen LogP contribution in [0.1, 0.15) is 166 Å². The van der Waals surface area contributed by atoms with Gasteiger partial charge < -0.3 is 45.1 Å². The molecule has 7 atom stereocenters. The van der Waals surface area contributed by atoms with E-state index in [9.17, 15) is 28.8 Å². The van der Waals surface area contributed by atoms with E-state index in [-0.39, 0.29) is 54.5 Å². The molecule has 18 heteroatoms. The number of nitrogens with one attached hydrogen (secondary N) is 4. The first kappa shape index (κ1) is 62.9. The Morgan fingerprint density at radius 3 is 2.14 bits per heavy atom. The predicted molar refractivity (Wildman–Crippen MR) is 297 cm³/mol. The van der Waals surface area contributed by atoms with Crippen molar-refractivity contribution in [3.05, 3.63) is 81.8 Å². The van der Waals surface area contributed by atoms with Crippen LogP contribution in [-0.2, 0) is 41.6 Å². The van der Waals surface area contributed by atoms with Crippen LogP contribution in [0, 0.1) is 17.8 Å². The molecule has 2 aromatic carbocycles. The van der Waals surface area contributed by atoms with Gasteiger partial charge in [-0.3, -0.25) is 24.1 Å². The molecule has 1 aliphatic rings. The van der Waals surface area contributed by atoms with Crippen LogP contribution < -0.4 is 26.0 Å². The number of carbonyl (C=O) groups is 6. The average Bonchev–Trinajstić information content (AvgIpc) is 3.88. The number of ether oxygens (including phenoxy) is 4. The molecule has 76 heavy (non-hydrogen) atoms. The quantitative estimate of drug-likeness (QED) is 0.0364. The van der Waals surface area contributed by atoms with Gasteiger partial charge in [0.2, 0.25) is 11.8 Å². The molecule has 2 heterocycles. The van der Waals surface area contributed by atoms with Gasteiger partial charge in [-0.25, -0.2) is 14.6 Å². The zero-order valence-corrected chi connectivity index (χ0v) is 48.1. The molecule has 1 fully saturated rings. The van der Waals surface area contributed by atoms with Crippen LogP contribution in [0.25, 0.3) is 0 Å². The van der Waals surface area contributed by atoms with Gasteiger partial charge in [0.25, 0.3) is 5.91 Å². The van der Waals surface area contributed by atoms with Crippen molar-refractivity contribution in [1.29, 1.82) is 0 Å². The standard InChI is InChI=1S/C58H89N7O10S/c1-12-31-65(54(68)50(40(6)14-3)63-52(67)47-24-18-21-32-64(47)11)48(39(4)5)36-49(72-33-13-2)53-62-46(38-76-53)51(66)61-44(34-41(7)55(69)73-37-43-22-16-15-17-23-43)35-42-25-27-45(28-26-42)74-56(70)59-29-19-20-30-60-57(71)75-58(8,9)10/h15-17,22-23,25-28,38-41,44,47-50H,12-14,18-21,24,29-37H2,1-11H3,(H,59,70)(H,60,71)(H,61,66)(H,63,67)/t40-,41-,44+,47+,48+,49+,50-/m0/s1. The van der Waals surface area contributed by atoms with E-state index in [0.29, 0.717) is 62.7 Å². The Labute approximate surface area is 456 Å². The lowest BCUT2D eigenvalue weighted by molar-refractivity contribution is -0.149. The molecule has 1 saturated heterocycles. The Morgan fingerprint density at radius 1 is 0.842 bits per heavy atom. The van der Waals surface area contributed by atoms with E-state index in [1.54, 1.807) is 45.2 Å². The maximum Gasteiger partial charge on any atom is 0.412 e. The summed E-state index contributed by atoms with van der Waals surface area (Å²) in [6, 6.07) is 14.7. The molecule has 4 rings (SSSR count). The molecule has 0 aliphatic carbocycles. The van der Waals surface area contributed by atoms with Crippen molar-refractivity contribution in [3.63, 3.8) is 0 Å². The van der Waals surface area contributed by atoms with Gasteiger partial charge >= 0.3 is 18.2 Å². The van der Waals surface area contributed by atoms with Crippen molar-refractivity contribution in [1.82, 2.24) is 36.1 Å². The SMILES string of the molecule is CCCO[C@H](C[C@H](C(C)C)N(CCC)C(=O)[C@@H](NC(=O)[C@H]1CCCCN1C)[C@@H](C)CC)c1nc(C(=O)N[C@@H](Cc2ccc(OC(=O)NCCCCNC(=O)OC(C)(C)C)cc2)C[C@H](C)C(=O)OCc2ccccc2)cs1. The van der Waals surface area contributed by atoms with E-state index < -0.39 is 53.8 Å². The van der Waals surface area contributed by atoms with Gasteiger partial charge in [-0.2, -0.15) is 0 Å². The summed E-state index contributed by atoms with van der Waals surface area (Å²) < 4.78 is 23.0. The largest absolute Gasteiger partial charge is 0.461 e. The Morgan fingerprint density at radius 2 is 1.53 bits per heavy atom. The number of aromatic nitrogens is 1. The van der Waals surface area contributed by atoms with Crippen LogP contribution in [0.2, 0.25) is 0 Å². The van der Waals surface area contributed by atoms with E-state index in [4.69, 9.17) is 23.9 Å². The number of esters is 1. The van der Waals surface area contributed by atoms with Crippen LogP contribution in [0.15, 0.2) is 60.0 Å². The summed E-state index contributed by atoms with van der Waals surface area (Å²) in [5.41, 5.74) is 1.32. The molecular weight excluding hydrogens is 987 g/mol. The lowest BCUT2D eigenvalue weighted by Gasteiger charge is -2.40. The smallest absolute Gasteiger partial charge is 0.412 e. The van der Waals surface area contributed by atoms with Crippen LogP contribution in [-0.4, -0.2) is 120 Å². The minimum Gasteiger partial charge on any atom is -0.461 e. The van der Waals surface area contributed by atoms with Crippen LogP contribution >= 0.6 is 11.3 Å². The van der Waals surface area contributed by atoms with Gasteiger partial charge in [-0.1, -0.05) is 104 Å². The maximum atomic E-state index is 14.8. The molecule has 1 aliphatic heterocycles. The second-order valence-corrected chi connectivity index (χ2v) is 22.5. The number of hydrogen-bond donors (Lipinski definition) is 4. The molecule has 1 aromatic heterocycles. The van der Waals surface area contributed by atoms with Gasteiger partial charge in [0.1, 0.15) is 40.8 Å². The Balaban J connectivity index is 1.49. The van der Waals surface area contributed by atoms with Crippen LogP contribution in [0.4, 0.5) is 9.59 Å². The third-order valence-electron chi connectivity index (χ3n) is 13.5. The number of nitrogens with zero attached hydrogens (tertiary/aromatic N) is 3. The first-order chi connectivity index (χ1) is 36.2. The number of rotatable bonds is 30. The second-order valence-electron chi connectivity index (χ2n) is 21.6. The van der Waals surface area contributed by atoms with Crippen LogP contribution in [0.5, 0.6) is 5.75 Å². The van der Waals surface area contributed by atoms with E-state index >= 15 is 0 Å². The number of likely N-dealkylation sites (N-methyl/N-ethyl adjacent to an activating group) is 1. The molecule has 0 radical (unpaired) electrons. The Hall–Kier alpha value is -5.59. The molecule has 0 bridgehead atoms. The van der Waals surface area contributed by atoms with E-state index in [0.717, 1.165) is 56.2 Å². The van der Waals surface area contributed by atoms with E-state index in [1.807, 2.05) is 75.2 Å². The van der Waals surface area contributed by atoms with Gasteiger partial charge in [-0.05, 0) is 121 Å². The highest BCUT2D eigenvalue weighted by molar-refractivity contribution is 7.09. The molecule has 422 valence electrons. The van der Waals surface area contributed by atoms with Gasteiger partial charge in [0.05, 0.1) is 12.0 Å². The van der Waals surface area contributed by atoms with Crippen molar-refractivity contribution < 1.29 is 47.7 Å². The van der Waals surface area contributed by atoms with E-state index in [2.05, 4.69) is 46.9 Å². The Bertz CT molecular complexity index is 2250. The maximum absolute atomic E-state index is 14.8. The van der Waals surface area contributed by atoms with E-state index in [1.165, 1.54) is 11.3 Å². The average molecular weight is 1080 g/mol. The summed E-state index contributed by atoms with van der Waals surface area (Å²) in [6.07, 6.45) is 5.66. The fraction of sp³-hybridized carbons (Fsp3) is 0.638. The summed E-state index contributed by atoms with van der Waals surface area (Å²) in [7, 11) is 1.97. The molecule has 5 amide bonds. The first-order valence-corrected chi connectivity index (χ1v) is 28.5. The number of unbranched alkanes of at least 4 members (excludes halogenated alkanes) is 1. The second kappa shape index (κ2) is 32.2. The van der Waals surface area contributed by atoms with Crippen molar-refractivity contribution >= 4 is 47.2 Å². The van der Waals surface area contributed by atoms with Gasteiger partial charge in [-0.15, -0.1) is 11.3 Å². The molecular formula is C58H89N7O10S. The summed E-state index contributed by atoms with van der Waals surface area (Å²) in [6.45, 7) is 22.2. The Kier molecular flexibility index (Phi) is 26.7. The zero-order valence-electron chi connectivity index (χ0n) is 47.2. The summed E-state index contributed by atoms with van der Waals surface area (Å²) in [4.78, 5) is 89.6. The van der Waals surface area contributed by atoms with Crippen molar-refractivity contribution in [2.45, 2.75) is 182 Å². The molecule has 4 N–H and O–H groups in total. The number of alkyl carbamates (subject to hydrolysis) is 1. The topological polar surface area (TPSA) is 207 Å². The lowest BCUT2D eigenvalue weighted by Crippen LogP contribution is -2.58. The highest BCUT2D eigenvalue weighted by Crippen LogP contribution is 2.32.